The van der Waals surface area contributed by atoms with Crippen LogP contribution < -0.4 is 9.47 Å². The van der Waals surface area contributed by atoms with Crippen LogP contribution in [0.3, 0.4) is 0 Å². The van der Waals surface area contributed by atoms with Crippen molar-refractivity contribution < 1.29 is 24.2 Å². The zero-order valence-electron chi connectivity index (χ0n) is 12.6. The second-order valence-electron chi connectivity index (χ2n) is 4.87. The average molecular weight is 325 g/mol. The molecule has 0 saturated carbocycles. The predicted molar refractivity (Wildman–Crippen MR) is 83.9 cm³/mol. The highest BCUT2D eigenvalue weighted by Crippen LogP contribution is 2.33. The number of carboxylic acid groups (broad SMARTS) is 1. The first-order valence-electron chi connectivity index (χ1n) is 6.90. The van der Waals surface area contributed by atoms with Crippen LogP contribution >= 0.6 is 11.8 Å². The fraction of sp³-hybridized carbons (Fsp3) is 0.467. The van der Waals surface area contributed by atoms with Gasteiger partial charge in [-0.2, -0.15) is 11.8 Å². The quantitative estimate of drug-likeness (QED) is 0.888. The molecule has 0 aliphatic carbocycles. The number of amides is 1. The summed E-state index contributed by atoms with van der Waals surface area (Å²) in [5, 5.41) is 9.03. The van der Waals surface area contributed by atoms with Crippen molar-refractivity contribution in [1.29, 1.82) is 0 Å². The molecule has 6 nitrogen and oxygen atoms in total. The van der Waals surface area contributed by atoms with E-state index in [1.807, 2.05) is 0 Å². The lowest BCUT2D eigenvalue weighted by Crippen LogP contribution is -2.47. The molecule has 0 aromatic heterocycles. The third-order valence-electron chi connectivity index (χ3n) is 3.53. The van der Waals surface area contributed by atoms with Gasteiger partial charge in [0.2, 0.25) is 0 Å². The van der Waals surface area contributed by atoms with Gasteiger partial charge in [-0.15, -0.1) is 0 Å². The summed E-state index contributed by atoms with van der Waals surface area (Å²) in [6.45, 7) is 0.530. The highest BCUT2D eigenvalue weighted by atomic mass is 32.2. The Bertz CT molecular complexity index is 563. The molecule has 7 heteroatoms. The SMILES string of the molecule is COc1cccc(C(=O)N2CCSCC2CC(=O)O)c1OC. The van der Waals surface area contributed by atoms with E-state index in [1.54, 1.807) is 34.9 Å². The van der Waals surface area contributed by atoms with E-state index >= 15 is 0 Å². The van der Waals surface area contributed by atoms with E-state index in [0.29, 0.717) is 29.4 Å². The summed E-state index contributed by atoms with van der Waals surface area (Å²) in [7, 11) is 2.99. The van der Waals surface area contributed by atoms with Gasteiger partial charge in [0.15, 0.2) is 11.5 Å². The van der Waals surface area contributed by atoms with Crippen molar-refractivity contribution >= 4 is 23.6 Å². The van der Waals surface area contributed by atoms with Crippen molar-refractivity contribution in [3.63, 3.8) is 0 Å². The number of methoxy groups -OCH3 is 2. The number of rotatable bonds is 5. The van der Waals surface area contributed by atoms with E-state index in [1.165, 1.54) is 14.2 Å². The van der Waals surface area contributed by atoms with Gasteiger partial charge in [-0.25, -0.2) is 0 Å². The van der Waals surface area contributed by atoms with Crippen molar-refractivity contribution in [3.8, 4) is 11.5 Å². The van der Waals surface area contributed by atoms with Crippen LogP contribution in [0.15, 0.2) is 18.2 Å². The molecule has 1 amide bonds. The molecule has 0 bridgehead atoms. The van der Waals surface area contributed by atoms with Crippen LogP contribution in [-0.2, 0) is 4.79 Å². The molecule has 1 fully saturated rings. The molecule has 22 heavy (non-hydrogen) atoms. The first kappa shape index (κ1) is 16.5. The molecule has 1 atom stereocenters. The lowest BCUT2D eigenvalue weighted by Gasteiger charge is -2.35. The molecule has 1 aliphatic heterocycles. The highest BCUT2D eigenvalue weighted by molar-refractivity contribution is 7.99. The molecule has 0 spiro atoms. The Balaban J connectivity index is 2.31. The number of thioether (sulfide) groups is 1. The summed E-state index contributed by atoms with van der Waals surface area (Å²) in [5.74, 6) is 1.17. The monoisotopic (exact) mass is 325 g/mol. The summed E-state index contributed by atoms with van der Waals surface area (Å²) in [6.07, 6.45) is -0.0506. The molecule has 1 saturated heterocycles. The fourth-order valence-corrected chi connectivity index (χ4v) is 3.57. The Morgan fingerprint density at radius 3 is 2.77 bits per heavy atom. The predicted octanol–water partition coefficient (Wildman–Crippen LogP) is 1.74. The van der Waals surface area contributed by atoms with E-state index in [9.17, 15) is 9.59 Å². The van der Waals surface area contributed by atoms with E-state index in [2.05, 4.69) is 0 Å². The van der Waals surface area contributed by atoms with Gasteiger partial charge in [0, 0.05) is 18.1 Å². The van der Waals surface area contributed by atoms with Gasteiger partial charge in [0.25, 0.3) is 5.91 Å². The molecule has 1 unspecified atom stereocenters. The number of hydrogen-bond acceptors (Lipinski definition) is 5. The largest absolute Gasteiger partial charge is 0.493 e. The fourth-order valence-electron chi connectivity index (χ4n) is 2.50. The number of nitrogens with zero attached hydrogens (tertiary/aromatic N) is 1. The summed E-state index contributed by atoms with van der Waals surface area (Å²) >= 11 is 1.67. The third kappa shape index (κ3) is 3.47. The molecule has 2 rings (SSSR count). The molecule has 120 valence electrons. The molecule has 1 aromatic rings. The van der Waals surface area contributed by atoms with Crippen LogP contribution in [0, 0.1) is 0 Å². The number of aliphatic carboxylic acids is 1. The van der Waals surface area contributed by atoms with Crippen LogP contribution in [0.25, 0.3) is 0 Å². The van der Waals surface area contributed by atoms with Gasteiger partial charge in [-0.05, 0) is 12.1 Å². The van der Waals surface area contributed by atoms with Crippen LogP contribution in [0.2, 0.25) is 0 Å². The second kappa shape index (κ2) is 7.40. The van der Waals surface area contributed by atoms with E-state index in [-0.39, 0.29) is 18.4 Å². The first-order valence-corrected chi connectivity index (χ1v) is 8.05. The van der Waals surface area contributed by atoms with Crippen molar-refractivity contribution in [2.24, 2.45) is 0 Å². The summed E-state index contributed by atoms with van der Waals surface area (Å²) in [5.41, 5.74) is 0.393. The number of ether oxygens (including phenoxy) is 2. The van der Waals surface area contributed by atoms with Crippen LogP contribution in [-0.4, -0.2) is 60.2 Å². The molecule has 1 heterocycles. The Kier molecular flexibility index (Phi) is 5.54. The number of hydrogen-bond donors (Lipinski definition) is 1. The minimum atomic E-state index is -0.900. The Morgan fingerprint density at radius 1 is 1.36 bits per heavy atom. The maximum Gasteiger partial charge on any atom is 0.305 e. The van der Waals surface area contributed by atoms with E-state index in [0.717, 1.165) is 5.75 Å². The summed E-state index contributed by atoms with van der Waals surface area (Å²) < 4.78 is 10.5. The van der Waals surface area contributed by atoms with Crippen molar-refractivity contribution in [2.75, 3.05) is 32.3 Å². The first-order chi connectivity index (χ1) is 10.6. The van der Waals surface area contributed by atoms with Gasteiger partial charge in [0.05, 0.1) is 32.2 Å². The maximum atomic E-state index is 12.8. The molecule has 1 N–H and O–H groups in total. The Hall–Kier alpha value is -1.89. The van der Waals surface area contributed by atoms with Gasteiger partial charge in [-0.1, -0.05) is 6.07 Å². The Labute approximate surface area is 133 Å². The number of benzene rings is 1. The molecule has 0 radical (unpaired) electrons. The summed E-state index contributed by atoms with van der Waals surface area (Å²) in [4.78, 5) is 25.5. The number of carboxylic acids is 1. The standard InChI is InChI=1S/C15H19NO5S/c1-20-12-5-3-4-11(14(12)21-2)15(19)16-6-7-22-9-10(16)8-13(17)18/h3-5,10H,6-9H2,1-2H3,(H,17,18). The minimum Gasteiger partial charge on any atom is -0.493 e. The normalized spacial score (nSPS) is 17.9. The topological polar surface area (TPSA) is 76.1 Å². The zero-order chi connectivity index (χ0) is 16.1. The molecule has 1 aromatic carbocycles. The van der Waals surface area contributed by atoms with Crippen LogP contribution in [0.4, 0.5) is 0 Å². The van der Waals surface area contributed by atoms with Crippen LogP contribution in [0.5, 0.6) is 11.5 Å². The van der Waals surface area contributed by atoms with Crippen molar-refractivity contribution in [2.45, 2.75) is 12.5 Å². The number of para-hydroxylation sites is 1. The smallest absolute Gasteiger partial charge is 0.305 e. The highest BCUT2D eigenvalue weighted by Gasteiger charge is 2.31. The zero-order valence-corrected chi connectivity index (χ0v) is 13.4. The van der Waals surface area contributed by atoms with Gasteiger partial charge in [0.1, 0.15) is 0 Å². The molecular formula is C15H19NO5S. The third-order valence-corrected chi connectivity index (χ3v) is 4.62. The van der Waals surface area contributed by atoms with Crippen LogP contribution in [0.1, 0.15) is 16.8 Å². The second-order valence-corrected chi connectivity index (χ2v) is 6.02. The average Bonchev–Trinajstić information content (AvgIpc) is 2.53. The lowest BCUT2D eigenvalue weighted by atomic mass is 10.1. The van der Waals surface area contributed by atoms with E-state index < -0.39 is 5.97 Å². The Morgan fingerprint density at radius 2 is 2.14 bits per heavy atom. The summed E-state index contributed by atoms with van der Waals surface area (Å²) in [6, 6.07) is 4.80. The number of carbonyl (C=O) groups excluding carboxylic acids is 1. The van der Waals surface area contributed by atoms with Gasteiger partial charge in [-0.3, -0.25) is 9.59 Å². The van der Waals surface area contributed by atoms with Gasteiger partial charge >= 0.3 is 5.97 Å². The number of carbonyl (C=O) groups is 2. The maximum absolute atomic E-state index is 12.8. The van der Waals surface area contributed by atoms with Crippen molar-refractivity contribution in [3.05, 3.63) is 23.8 Å². The van der Waals surface area contributed by atoms with Crippen molar-refractivity contribution in [1.82, 2.24) is 4.90 Å². The minimum absolute atomic E-state index is 0.0506. The molecular weight excluding hydrogens is 306 g/mol. The molecule has 1 aliphatic rings. The lowest BCUT2D eigenvalue weighted by molar-refractivity contribution is -0.138. The van der Waals surface area contributed by atoms with Gasteiger partial charge < -0.3 is 19.5 Å². The van der Waals surface area contributed by atoms with E-state index in [4.69, 9.17) is 14.6 Å².